The highest BCUT2D eigenvalue weighted by molar-refractivity contribution is 7.91. The summed E-state index contributed by atoms with van der Waals surface area (Å²) in [6.07, 6.45) is 1.34. The number of rotatable bonds is 4. The second-order valence-corrected chi connectivity index (χ2v) is 7.08. The Kier molecular flexibility index (Phi) is 3.71. The molecule has 0 aromatic carbocycles. The van der Waals surface area contributed by atoms with Gasteiger partial charge in [-0.2, -0.15) is 4.31 Å². The van der Waals surface area contributed by atoms with Crippen LogP contribution in [0.2, 0.25) is 0 Å². The summed E-state index contributed by atoms with van der Waals surface area (Å²) in [7, 11) is -3.68. The molecule has 1 aromatic rings. The first kappa shape index (κ1) is 13.5. The standard InChI is InChI=1S/C10H13NO5S2/c12-5-8-2-1-3-11(8)18(15,16)9-4-7(6-17-9)10(13)14/h4,6,8,12H,1-3,5H2,(H,13,14)/t8-/m1/s1. The van der Waals surface area contributed by atoms with Crippen molar-refractivity contribution in [2.75, 3.05) is 13.2 Å². The molecular formula is C10H13NO5S2. The fourth-order valence-electron chi connectivity index (χ4n) is 1.99. The van der Waals surface area contributed by atoms with E-state index in [2.05, 4.69) is 0 Å². The molecule has 2 heterocycles. The number of carboxylic acids is 1. The third-order valence-corrected chi connectivity index (χ3v) is 6.29. The van der Waals surface area contributed by atoms with Crippen molar-refractivity contribution in [3.63, 3.8) is 0 Å². The zero-order chi connectivity index (χ0) is 13.3. The molecule has 1 atom stereocenters. The molecule has 0 radical (unpaired) electrons. The van der Waals surface area contributed by atoms with Crippen molar-refractivity contribution in [2.24, 2.45) is 0 Å². The van der Waals surface area contributed by atoms with Gasteiger partial charge in [-0.3, -0.25) is 0 Å². The van der Waals surface area contributed by atoms with E-state index in [0.29, 0.717) is 19.4 Å². The van der Waals surface area contributed by atoms with Gasteiger partial charge in [0.15, 0.2) is 0 Å². The van der Waals surface area contributed by atoms with Crippen LogP contribution in [0, 0.1) is 0 Å². The number of hydrogen-bond donors (Lipinski definition) is 2. The smallest absolute Gasteiger partial charge is 0.336 e. The second-order valence-electron chi connectivity index (χ2n) is 4.05. The lowest BCUT2D eigenvalue weighted by Crippen LogP contribution is -2.37. The molecule has 0 saturated carbocycles. The average molecular weight is 291 g/mol. The fourth-order valence-corrected chi connectivity index (χ4v) is 4.95. The lowest BCUT2D eigenvalue weighted by Gasteiger charge is -2.21. The lowest BCUT2D eigenvalue weighted by molar-refractivity contribution is 0.0697. The van der Waals surface area contributed by atoms with E-state index in [9.17, 15) is 13.2 Å². The summed E-state index contributed by atoms with van der Waals surface area (Å²) >= 11 is 0.892. The molecule has 0 unspecified atom stereocenters. The van der Waals surface area contributed by atoms with E-state index in [1.54, 1.807) is 0 Å². The van der Waals surface area contributed by atoms with Crippen molar-refractivity contribution in [2.45, 2.75) is 23.1 Å². The zero-order valence-corrected chi connectivity index (χ0v) is 11.1. The van der Waals surface area contributed by atoms with Crippen LogP contribution in [0.25, 0.3) is 0 Å². The van der Waals surface area contributed by atoms with Gasteiger partial charge in [0.25, 0.3) is 10.0 Å². The van der Waals surface area contributed by atoms with Gasteiger partial charge in [-0.15, -0.1) is 11.3 Å². The van der Waals surface area contributed by atoms with Crippen molar-refractivity contribution in [1.29, 1.82) is 0 Å². The summed E-state index contributed by atoms with van der Waals surface area (Å²) in [5.41, 5.74) is -0.0293. The Morgan fingerprint density at radius 3 is 2.83 bits per heavy atom. The number of aromatic carboxylic acids is 1. The maximum atomic E-state index is 12.3. The molecule has 0 spiro atoms. The molecule has 0 amide bonds. The Morgan fingerprint density at radius 2 is 2.28 bits per heavy atom. The van der Waals surface area contributed by atoms with Crippen LogP contribution in [0.3, 0.4) is 0 Å². The van der Waals surface area contributed by atoms with E-state index in [4.69, 9.17) is 10.2 Å². The molecule has 2 rings (SSSR count). The van der Waals surface area contributed by atoms with E-state index in [1.165, 1.54) is 9.69 Å². The minimum Gasteiger partial charge on any atom is -0.478 e. The van der Waals surface area contributed by atoms with Crippen LogP contribution in [0.5, 0.6) is 0 Å². The summed E-state index contributed by atoms with van der Waals surface area (Å²) in [5, 5.41) is 19.2. The highest BCUT2D eigenvalue weighted by Crippen LogP contribution is 2.29. The lowest BCUT2D eigenvalue weighted by atomic mass is 10.2. The molecule has 1 aliphatic heterocycles. The minimum atomic E-state index is -3.68. The molecule has 1 saturated heterocycles. The first-order chi connectivity index (χ1) is 8.46. The summed E-state index contributed by atoms with van der Waals surface area (Å²) in [6.45, 7) is 0.157. The SMILES string of the molecule is O=C(O)c1csc(S(=O)(=O)N2CCC[C@@H]2CO)c1. The van der Waals surface area contributed by atoms with Crippen molar-refractivity contribution in [1.82, 2.24) is 4.31 Å². The Hall–Kier alpha value is -0.960. The first-order valence-electron chi connectivity index (χ1n) is 5.41. The Bertz CT molecular complexity index is 550. The molecule has 100 valence electrons. The largest absolute Gasteiger partial charge is 0.478 e. The number of aliphatic hydroxyl groups excluding tert-OH is 1. The molecule has 1 fully saturated rings. The number of sulfonamides is 1. The van der Waals surface area contributed by atoms with Crippen molar-refractivity contribution >= 4 is 27.3 Å². The average Bonchev–Trinajstić information content (AvgIpc) is 2.98. The zero-order valence-electron chi connectivity index (χ0n) is 9.44. The third-order valence-electron chi connectivity index (χ3n) is 2.92. The highest BCUT2D eigenvalue weighted by atomic mass is 32.2. The van der Waals surface area contributed by atoms with Gasteiger partial charge in [-0.1, -0.05) is 0 Å². The molecule has 1 aromatic heterocycles. The van der Waals surface area contributed by atoms with E-state index < -0.39 is 22.0 Å². The van der Waals surface area contributed by atoms with Crippen molar-refractivity contribution < 1.29 is 23.4 Å². The van der Waals surface area contributed by atoms with Gasteiger partial charge in [0.2, 0.25) is 0 Å². The van der Waals surface area contributed by atoms with Gasteiger partial charge in [0.05, 0.1) is 12.2 Å². The van der Waals surface area contributed by atoms with Gasteiger partial charge >= 0.3 is 5.97 Å². The first-order valence-corrected chi connectivity index (χ1v) is 7.73. The van der Waals surface area contributed by atoms with Gasteiger partial charge in [0, 0.05) is 18.0 Å². The Labute approximate surface area is 109 Å². The normalized spacial score (nSPS) is 21.3. The molecule has 6 nitrogen and oxygen atoms in total. The number of thiophene rings is 1. The molecule has 18 heavy (non-hydrogen) atoms. The number of carbonyl (C=O) groups is 1. The van der Waals surface area contributed by atoms with E-state index in [0.717, 1.165) is 17.4 Å². The van der Waals surface area contributed by atoms with E-state index >= 15 is 0 Å². The topological polar surface area (TPSA) is 94.9 Å². The fraction of sp³-hybridized carbons (Fsp3) is 0.500. The van der Waals surface area contributed by atoms with E-state index in [-0.39, 0.29) is 16.4 Å². The predicted molar refractivity (Wildman–Crippen MR) is 65.3 cm³/mol. The summed E-state index contributed by atoms with van der Waals surface area (Å²) in [5.74, 6) is -1.15. The maximum absolute atomic E-state index is 12.3. The van der Waals surface area contributed by atoms with Crippen LogP contribution in [0.4, 0.5) is 0 Å². The number of hydrogen-bond acceptors (Lipinski definition) is 5. The van der Waals surface area contributed by atoms with Crippen molar-refractivity contribution in [3.8, 4) is 0 Å². The van der Waals surface area contributed by atoms with Gasteiger partial charge in [-0.25, -0.2) is 13.2 Å². The quantitative estimate of drug-likeness (QED) is 0.846. The molecular weight excluding hydrogens is 278 g/mol. The molecule has 0 bridgehead atoms. The van der Waals surface area contributed by atoms with Gasteiger partial charge < -0.3 is 10.2 Å². The minimum absolute atomic E-state index is 0.0141. The summed E-state index contributed by atoms with van der Waals surface area (Å²) in [6, 6.07) is 0.764. The summed E-state index contributed by atoms with van der Waals surface area (Å²) in [4.78, 5) is 10.7. The van der Waals surface area contributed by atoms with Crippen LogP contribution in [0.15, 0.2) is 15.7 Å². The maximum Gasteiger partial charge on any atom is 0.336 e. The summed E-state index contributed by atoms with van der Waals surface area (Å²) < 4.78 is 25.8. The number of nitrogens with zero attached hydrogens (tertiary/aromatic N) is 1. The van der Waals surface area contributed by atoms with Crippen LogP contribution < -0.4 is 0 Å². The van der Waals surface area contributed by atoms with Crippen molar-refractivity contribution in [3.05, 3.63) is 17.0 Å². The van der Waals surface area contributed by atoms with Crippen LogP contribution >= 0.6 is 11.3 Å². The Balaban J connectivity index is 2.32. The van der Waals surface area contributed by atoms with E-state index in [1.807, 2.05) is 0 Å². The predicted octanol–water partition coefficient (Wildman–Crippen LogP) is 0.592. The molecule has 1 aliphatic rings. The molecule has 0 aliphatic carbocycles. The second kappa shape index (κ2) is 4.96. The highest BCUT2D eigenvalue weighted by Gasteiger charge is 2.35. The van der Waals surface area contributed by atoms with Crippen LogP contribution in [-0.4, -0.2) is 48.1 Å². The number of aliphatic hydroxyl groups is 1. The van der Waals surface area contributed by atoms with Gasteiger partial charge in [-0.05, 0) is 18.9 Å². The Morgan fingerprint density at radius 1 is 1.56 bits per heavy atom. The molecule has 2 N–H and O–H groups in total. The molecule has 8 heteroatoms. The monoisotopic (exact) mass is 291 g/mol. The third kappa shape index (κ3) is 2.28. The van der Waals surface area contributed by atoms with Crippen LogP contribution in [0.1, 0.15) is 23.2 Å². The number of carboxylic acid groups (broad SMARTS) is 1. The van der Waals surface area contributed by atoms with Crippen LogP contribution in [-0.2, 0) is 10.0 Å². The van der Waals surface area contributed by atoms with Gasteiger partial charge in [0.1, 0.15) is 4.21 Å².